The molecule has 0 radical (unpaired) electrons. The van der Waals surface area contributed by atoms with Crippen LogP contribution >= 0.6 is 12.4 Å². The molecule has 0 atom stereocenters. The number of piperazine rings is 1. The SMILES string of the molecule is CC(C)S(=O)(=O)CCN1CCNCC12CCCCC2.Cl. The zero-order chi connectivity index (χ0) is 13.9. The van der Waals surface area contributed by atoms with E-state index >= 15 is 0 Å². The van der Waals surface area contributed by atoms with E-state index in [0.717, 1.165) is 19.6 Å². The van der Waals surface area contributed by atoms with Gasteiger partial charge in [-0.25, -0.2) is 8.42 Å². The Labute approximate surface area is 130 Å². The van der Waals surface area contributed by atoms with Gasteiger partial charge in [0.05, 0.1) is 11.0 Å². The predicted molar refractivity (Wildman–Crippen MR) is 86.4 cm³/mol. The van der Waals surface area contributed by atoms with E-state index in [9.17, 15) is 8.42 Å². The van der Waals surface area contributed by atoms with Gasteiger partial charge in [-0.1, -0.05) is 19.3 Å². The quantitative estimate of drug-likeness (QED) is 0.857. The first-order valence-electron chi connectivity index (χ1n) is 7.64. The Balaban J connectivity index is 0.00000200. The molecule has 1 aliphatic carbocycles. The second kappa shape index (κ2) is 7.43. The summed E-state index contributed by atoms with van der Waals surface area (Å²) in [4.78, 5) is 2.46. The van der Waals surface area contributed by atoms with Crippen molar-refractivity contribution in [2.24, 2.45) is 0 Å². The molecule has 20 heavy (non-hydrogen) atoms. The van der Waals surface area contributed by atoms with Crippen molar-refractivity contribution >= 4 is 22.2 Å². The molecule has 0 unspecified atom stereocenters. The van der Waals surface area contributed by atoms with Gasteiger partial charge < -0.3 is 5.32 Å². The number of hydrogen-bond acceptors (Lipinski definition) is 4. The molecule has 2 rings (SSSR count). The first-order valence-corrected chi connectivity index (χ1v) is 9.35. The number of hydrogen-bond donors (Lipinski definition) is 1. The minimum atomic E-state index is -2.91. The zero-order valence-corrected chi connectivity index (χ0v) is 14.4. The molecular weight excluding hydrogens is 296 g/mol. The molecule has 0 aromatic rings. The van der Waals surface area contributed by atoms with Gasteiger partial charge in [-0.15, -0.1) is 12.4 Å². The highest BCUT2D eigenvalue weighted by atomic mass is 35.5. The van der Waals surface area contributed by atoms with Gasteiger partial charge in [0, 0.05) is 31.7 Å². The lowest BCUT2D eigenvalue weighted by Gasteiger charge is -2.50. The van der Waals surface area contributed by atoms with Gasteiger partial charge in [0.25, 0.3) is 0 Å². The summed E-state index contributed by atoms with van der Waals surface area (Å²) in [5, 5.41) is 3.25. The fraction of sp³-hybridized carbons (Fsp3) is 1.00. The van der Waals surface area contributed by atoms with Crippen molar-refractivity contribution in [2.45, 2.75) is 56.7 Å². The summed E-state index contributed by atoms with van der Waals surface area (Å²) in [6.07, 6.45) is 6.35. The molecule has 1 spiro atoms. The molecule has 6 heteroatoms. The molecule has 0 amide bonds. The van der Waals surface area contributed by atoms with Gasteiger partial charge in [0.2, 0.25) is 0 Å². The fourth-order valence-electron chi connectivity index (χ4n) is 3.41. The molecule has 0 aromatic carbocycles. The summed E-state index contributed by atoms with van der Waals surface area (Å²) in [5.41, 5.74) is 0.239. The summed E-state index contributed by atoms with van der Waals surface area (Å²) in [5.74, 6) is 0.312. The Morgan fingerprint density at radius 1 is 1.20 bits per heavy atom. The van der Waals surface area contributed by atoms with Crippen molar-refractivity contribution in [1.82, 2.24) is 10.2 Å². The zero-order valence-electron chi connectivity index (χ0n) is 12.7. The topological polar surface area (TPSA) is 49.4 Å². The van der Waals surface area contributed by atoms with Crippen LogP contribution in [-0.2, 0) is 9.84 Å². The van der Waals surface area contributed by atoms with Gasteiger partial charge in [0.1, 0.15) is 0 Å². The van der Waals surface area contributed by atoms with Gasteiger partial charge in [-0.3, -0.25) is 4.90 Å². The van der Waals surface area contributed by atoms with Crippen LogP contribution in [-0.4, -0.2) is 56.0 Å². The fourth-order valence-corrected chi connectivity index (χ4v) is 4.36. The monoisotopic (exact) mass is 324 g/mol. The van der Waals surface area contributed by atoms with Gasteiger partial charge in [-0.05, 0) is 26.7 Å². The molecule has 1 saturated heterocycles. The predicted octanol–water partition coefficient (Wildman–Crippen LogP) is 1.84. The van der Waals surface area contributed by atoms with Crippen LogP contribution in [0.15, 0.2) is 0 Å². The van der Waals surface area contributed by atoms with Gasteiger partial charge >= 0.3 is 0 Å². The summed E-state index contributed by atoms with van der Waals surface area (Å²) in [7, 11) is -2.91. The standard InChI is InChI=1S/C14H28N2O2S.ClH/c1-13(2)19(17,18)11-10-16-9-8-15-12-14(16)6-4-3-5-7-14;/h13,15H,3-12H2,1-2H3;1H. The lowest BCUT2D eigenvalue weighted by Crippen LogP contribution is -2.62. The van der Waals surface area contributed by atoms with E-state index in [-0.39, 0.29) is 23.2 Å². The molecule has 1 heterocycles. The molecule has 0 bridgehead atoms. The molecule has 2 fully saturated rings. The molecule has 120 valence electrons. The van der Waals surface area contributed by atoms with Gasteiger partial charge in [-0.2, -0.15) is 0 Å². The van der Waals surface area contributed by atoms with E-state index in [1.807, 2.05) is 0 Å². The Hall–Kier alpha value is 0.160. The van der Waals surface area contributed by atoms with Crippen molar-refractivity contribution in [2.75, 3.05) is 31.9 Å². The van der Waals surface area contributed by atoms with Crippen molar-refractivity contribution in [3.63, 3.8) is 0 Å². The van der Waals surface area contributed by atoms with Crippen molar-refractivity contribution in [3.8, 4) is 0 Å². The Morgan fingerprint density at radius 3 is 2.45 bits per heavy atom. The largest absolute Gasteiger partial charge is 0.314 e. The summed E-state index contributed by atoms with van der Waals surface area (Å²) in [6, 6.07) is 0. The summed E-state index contributed by atoms with van der Waals surface area (Å²) in [6.45, 7) is 7.29. The number of nitrogens with zero attached hydrogens (tertiary/aromatic N) is 1. The Bertz CT molecular complexity index is 384. The molecule has 1 saturated carbocycles. The smallest absolute Gasteiger partial charge is 0.153 e. The van der Waals surface area contributed by atoms with E-state index in [4.69, 9.17) is 0 Å². The Kier molecular flexibility index (Phi) is 6.77. The molecule has 0 aromatic heterocycles. The highest BCUT2D eigenvalue weighted by Gasteiger charge is 2.39. The average Bonchev–Trinajstić information content (AvgIpc) is 2.39. The first-order chi connectivity index (χ1) is 8.96. The van der Waals surface area contributed by atoms with Crippen molar-refractivity contribution in [1.29, 1.82) is 0 Å². The minimum absolute atomic E-state index is 0. The highest BCUT2D eigenvalue weighted by molar-refractivity contribution is 7.92. The normalized spacial score (nSPS) is 23.8. The third kappa shape index (κ3) is 4.09. The minimum Gasteiger partial charge on any atom is -0.314 e. The summed E-state index contributed by atoms with van der Waals surface area (Å²) >= 11 is 0. The molecular formula is C14H29ClN2O2S. The first kappa shape index (κ1) is 18.2. The number of halogens is 1. The van der Waals surface area contributed by atoms with Crippen LogP contribution in [0, 0.1) is 0 Å². The lowest BCUT2D eigenvalue weighted by atomic mass is 9.79. The maximum atomic E-state index is 12.0. The molecule has 1 aliphatic heterocycles. The number of rotatable bonds is 4. The van der Waals surface area contributed by atoms with E-state index in [0.29, 0.717) is 12.3 Å². The van der Waals surface area contributed by atoms with Crippen LogP contribution in [0.25, 0.3) is 0 Å². The van der Waals surface area contributed by atoms with Crippen LogP contribution in [0.4, 0.5) is 0 Å². The second-order valence-electron chi connectivity index (χ2n) is 6.36. The second-order valence-corrected chi connectivity index (χ2v) is 9.04. The van der Waals surface area contributed by atoms with Crippen LogP contribution in [0.3, 0.4) is 0 Å². The third-order valence-corrected chi connectivity index (χ3v) is 7.02. The average molecular weight is 325 g/mol. The van der Waals surface area contributed by atoms with Gasteiger partial charge in [0.15, 0.2) is 9.84 Å². The third-order valence-electron chi connectivity index (χ3n) is 4.83. The van der Waals surface area contributed by atoms with Crippen LogP contribution < -0.4 is 5.32 Å². The molecule has 4 nitrogen and oxygen atoms in total. The van der Waals surface area contributed by atoms with E-state index in [1.54, 1.807) is 13.8 Å². The molecule has 1 N–H and O–H groups in total. The maximum absolute atomic E-state index is 12.0. The Morgan fingerprint density at radius 2 is 1.85 bits per heavy atom. The van der Waals surface area contributed by atoms with Crippen LogP contribution in [0.1, 0.15) is 46.0 Å². The van der Waals surface area contributed by atoms with Crippen molar-refractivity contribution < 1.29 is 8.42 Å². The number of nitrogens with one attached hydrogen (secondary N) is 1. The maximum Gasteiger partial charge on any atom is 0.153 e. The number of sulfone groups is 1. The molecule has 2 aliphatic rings. The van der Waals surface area contributed by atoms with E-state index in [1.165, 1.54) is 32.1 Å². The highest BCUT2D eigenvalue weighted by Crippen LogP contribution is 2.34. The summed E-state index contributed by atoms with van der Waals surface area (Å²) < 4.78 is 24.0. The lowest BCUT2D eigenvalue weighted by molar-refractivity contribution is 0.0329. The van der Waals surface area contributed by atoms with Crippen molar-refractivity contribution in [3.05, 3.63) is 0 Å². The van der Waals surface area contributed by atoms with E-state index < -0.39 is 9.84 Å². The van der Waals surface area contributed by atoms with E-state index in [2.05, 4.69) is 10.2 Å². The van der Waals surface area contributed by atoms with Crippen LogP contribution in [0.5, 0.6) is 0 Å². The van der Waals surface area contributed by atoms with Crippen LogP contribution in [0.2, 0.25) is 0 Å².